The molecule has 272 valence electrons. The normalized spacial score (nSPS) is 11.2. The largest absolute Gasteiger partial charge is 0.456 e. The summed E-state index contributed by atoms with van der Waals surface area (Å²) in [6.07, 6.45) is 1.92. The van der Waals surface area contributed by atoms with E-state index < -0.39 is 0 Å². The van der Waals surface area contributed by atoms with Crippen molar-refractivity contribution in [2.24, 2.45) is 0 Å². The average Bonchev–Trinajstić information content (AvgIpc) is 3.67. The lowest BCUT2D eigenvalue weighted by Gasteiger charge is -2.11. The molecule has 0 radical (unpaired) electrons. The first-order valence-electron chi connectivity index (χ1n) is 18.7. The highest BCUT2D eigenvalue weighted by atomic mass is 32.2. The molecule has 0 unspecified atom stereocenters. The van der Waals surface area contributed by atoms with E-state index in [1.807, 2.05) is 146 Å². The molecule has 0 N–H and O–H groups in total. The van der Waals surface area contributed by atoms with E-state index in [4.69, 9.17) is 35.9 Å². The molecule has 3 aromatic heterocycles. The van der Waals surface area contributed by atoms with Crippen LogP contribution in [0.2, 0.25) is 0 Å². The summed E-state index contributed by atoms with van der Waals surface area (Å²) in [5.74, 6) is 2.33. The molecule has 0 atom stereocenters. The van der Waals surface area contributed by atoms with Crippen LogP contribution >= 0.6 is 11.8 Å². The minimum atomic E-state index is 0.543. The Labute approximate surface area is 338 Å². The number of benzene rings is 7. The lowest BCUT2D eigenvalue weighted by molar-refractivity contribution is 0.669. The van der Waals surface area contributed by atoms with E-state index in [0.717, 1.165) is 76.4 Å². The lowest BCUT2D eigenvalue weighted by atomic mass is 10.0. The van der Waals surface area contributed by atoms with Crippen LogP contribution in [0.5, 0.6) is 0 Å². The number of nitrogens with zero attached hydrogens (tertiary/aromatic N) is 6. The van der Waals surface area contributed by atoms with Crippen molar-refractivity contribution in [1.29, 1.82) is 0 Å². The Hall–Kier alpha value is -7.73. The molecule has 0 bridgehead atoms. The van der Waals surface area contributed by atoms with Gasteiger partial charge in [0.25, 0.3) is 0 Å². The second kappa shape index (κ2) is 15.1. The van der Waals surface area contributed by atoms with Gasteiger partial charge in [-0.2, -0.15) is 0 Å². The number of furan rings is 1. The highest BCUT2D eigenvalue weighted by Crippen LogP contribution is 2.38. The molecule has 0 amide bonds. The van der Waals surface area contributed by atoms with Crippen molar-refractivity contribution in [3.8, 4) is 67.9 Å². The second-order valence-corrected chi connectivity index (χ2v) is 14.7. The fourth-order valence-corrected chi connectivity index (χ4v) is 7.86. The zero-order chi connectivity index (χ0) is 38.8. The van der Waals surface area contributed by atoms with Crippen LogP contribution in [-0.4, -0.2) is 24.9 Å². The van der Waals surface area contributed by atoms with Crippen molar-refractivity contribution in [2.75, 3.05) is 0 Å². The van der Waals surface area contributed by atoms with Crippen molar-refractivity contribution >= 4 is 39.4 Å². The van der Waals surface area contributed by atoms with Gasteiger partial charge in [0.05, 0.1) is 17.2 Å². The molecule has 0 saturated carbocycles. The molecule has 0 saturated heterocycles. The zero-order valence-electron chi connectivity index (χ0n) is 30.8. The van der Waals surface area contributed by atoms with Crippen LogP contribution in [-0.2, 0) is 0 Å². The summed E-state index contributed by atoms with van der Waals surface area (Å²) >= 11 is 1.66. The fourth-order valence-electron chi connectivity index (χ4n) is 6.95. The summed E-state index contributed by atoms with van der Waals surface area (Å²) in [6, 6.07) is 58.4. The number of hydrogen-bond acceptors (Lipinski definition) is 7. The van der Waals surface area contributed by atoms with Gasteiger partial charge in [-0.25, -0.2) is 29.8 Å². The summed E-state index contributed by atoms with van der Waals surface area (Å²) in [4.78, 5) is 30.5. The summed E-state index contributed by atoms with van der Waals surface area (Å²) in [5.41, 5.74) is 9.56. The molecule has 0 spiro atoms. The molecule has 7 nitrogen and oxygen atoms in total. The molecule has 0 aliphatic carbocycles. The van der Waals surface area contributed by atoms with Gasteiger partial charge < -0.3 is 4.42 Å². The third kappa shape index (κ3) is 6.87. The van der Waals surface area contributed by atoms with E-state index >= 15 is 0 Å². The predicted molar refractivity (Wildman–Crippen MR) is 232 cm³/mol. The number of hydrogen-bond donors (Lipinski definition) is 0. The summed E-state index contributed by atoms with van der Waals surface area (Å²) < 4.78 is 6.45. The van der Waals surface area contributed by atoms with Crippen LogP contribution in [0.4, 0.5) is 5.69 Å². The van der Waals surface area contributed by atoms with Crippen LogP contribution in [0.1, 0.15) is 0 Å². The van der Waals surface area contributed by atoms with Gasteiger partial charge in [-0.1, -0.05) is 145 Å². The first-order chi connectivity index (χ1) is 28.6. The molecule has 0 fully saturated rings. The third-order valence-electron chi connectivity index (χ3n) is 9.90. The Balaban J connectivity index is 1.01. The Kier molecular flexibility index (Phi) is 9.03. The average molecular weight is 763 g/mol. The molecule has 8 heteroatoms. The maximum Gasteiger partial charge on any atom is 0.187 e. The number of fused-ring (bicyclic) bond motifs is 3. The maximum absolute atomic E-state index is 7.26. The summed E-state index contributed by atoms with van der Waals surface area (Å²) in [6.45, 7) is 7.26. The van der Waals surface area contributed by atoms with Crippen molar-refractivity contribution in [1.82, 2.24) is 24.9 Å². The molecule has 10 aromatic rings. The molecule has 3 heterocycles. The number of aromatic nitrogens is 5. The maximum atomic E-state index is 7.26. The third-order valence-corrected chi connectivity index (χ3v) is 10.9. The molecule has 58 heavy (non-hydrogen) atoms. The highest BCUT2D eigenvalue weighted by molar-refractivity contribution is 7.99. The zero-order valence-corrected chi connectivity index (χ0v) is 31.6. The van der Waals surface area contributed by atoms with Crippen LogP contribution in [0.3, 0.4) is 0 Å². The van der Waals surface area contributed by atoms with E-state index in [9.17, 15) is 0 Å². The van der Waals surface area contributed by atoms with E-state index in [-0.39, 0.29) is 0 Å². The predicted octanol–water partition coefficient (Wildman–Crippen LogP) is 13.3. The van der Waals surface area contributed by atoms with Crippen LogP contribution in [0.25, 0.3) is 94.7 Å². The van der Waals surface area contributed by atoms with Crippen LogP contribution in [0.15, 0.2) is 196 Å². The van der Waals surface area contributed by atoms with Crippen LogP contribution in [0, 0.1) is 6.57 Å². The summed E-state index contributed by atoms with van der Waals surface area (Å²) in [7, 11) is 0. The lowest BCUT2D eigenvalue weighted by Crippen LogP contribution is -2.00. The Morgan fingerprint density at radius 3 is 1.64 bits per heavy atom. The van der Waals surface area contributed by atoms with Crippen LogP contribution < -0.4 is 0 Å². The SMILES string of the molecule is [C-]#[N+]c1ccc(-c2ccc(-c3nc(-c4ccccc4)nc(-c4ccc5c(c4)oc4ccc(-c6ncc(Sc7ccccc7)c(-c7ccccc7)n6)cc45)n3)cc2)cc1. The monoisotopic (exact) mass is 762 g/mol. The van der Waals surface area contributed by atoms with Gasteiger partial charge in [-0.05, 0) is 53.6 Å². The van der Waals surface area contributed by atoms with Crippen molar-refractivity contribution < 1.29 is 4.42 Å². The molecule has 0 aliphatic heterocycles. The van der Waals surface area contributed by atoms with Crippen molar-refractivity contribution in [3.05, 3.63) is 194 Å². The minimum Gasteiger partial charge on any atom is -0.456 e. The van der Waals surface area contributed by atoms with Gasteiger partial charge in [-0.3, -0.25) is 0 Å². The smallest absolute Gasteiger partial charge is 0.187 e. The topological polar surface area (TPSA) is 82.0 Å². The van der Waals surface area contributed by atoms with E-state index in [1.165, 1.54) is 0 Å². The minimum absolute atomic E-state index is 0.543. The van der Waals surface area contributed by atoms with Gasteiger partial charge >= 0.3 is 0 Å². The quantitative estimate of drug-likeness (QED) is 0.143. The van der Waals surface area contributed by atoms with Gasteiger partial charge in [0.1, 0.15) is 11.2 Å². The number of rotatable bonds is 8. The Morgan fingerprint density at radius 2 is 0.966 bits per heavy atom. The molecular formula is C50H30N6OS. The van der Waals surface area contributed by atoms with E-state index in [2.05, 4.69) is 41.2 Å². The first kappa shape index (κ1) is 34.7. The fraction of sp³-hybridized carbons (Fsp3) is 0. The molecule has 7 aromatic carbocycles. The standard InChI is InChI=1S/C50H30N6OS/c1-51-39-25-21-33(22-26-39)32-17-19-36(20-18-32)49-54-48(35-13-7-3-8-14-35)55-50(56-49)38-23-27-41-42-29-37(24-28-43(42)57-44(41)30-38)47-52-31-45(58-40-15-9-4-10-16-40)46(53-47)34-11-5-2-6-12-34/h2-31H. The highest BCUT2D eigenvalue weighted by Gasteiger charge is 2.17. The van der Waals surface area contributed by atoms with Gasteiger partial charge in [0, 0.05) is 49.7 Å². The van der Waals surface area contributed by atoms with E-state index in [0.29, 0.717) is 29.0 Å². The first-order valence-corrected chi connectivity index (χ1v) is 19.5. The summed E-state index contributed by atoms with van der Waals surface area (Å²) in [5, 5.41) is 1.94. The van der Waals surface area contributed by atoms with Gasteiger partial charge in [0.2, 0.25) is 0 Å². The molecular weight excluding hydrogens is 733 g/mol. The van der Waals surface area contributed by atoms with Gasteiger partial charge in [0.15, 0.2) is 29.0 Å². The Bertz CT molecular complexity index is 3130. The second-order valence-electron chi connectivity index (χ2n) is 13.6. The molecule has 10 rings (SSSR count). The van der Waals surface area contributed by atoms with Crippen molar-refractivity contribution in [2.45, 2.75) is 9.79 Å². The van der Waals surface area contributed by atoms with Crippen molar-refractivity contribution in [3.63, 3.8) is 0 Å². The molecule has 0 aliphatic rings. The van der Waals surface area contributed by atoms with Gasteiger partial charge in [-0.15, -0.1) is 0 Å². The Morgan fingerprint density at radius 1 is 0.431 bits per heavy atom. The van der Waals surface area contributed by atoms with E-state index in [1.54, 1.807) is 11.8 Å².